The fourth-order valence-electron chi connectivity index (χ4n) is 1.45. The van der Waals surface area contributed by atoms with Gasteiger partial charge < -0.3 is 10.4 Å². The lowest BCUT2D eigenvalue weighted by Crippen LogP contribution is -2.40. The zero-order valence-corrected chi connectivity index (χ0v) is 11.3. The van der Waals surface area contributed by atoms with E-state index in [0.29, 0.717) is 5.56 Å². The smallest absolute Gasteiger partial charge is 0.251 e. The number of carbonyl (C=O) groups is 1. The van der Waals surface area contributed by atoms with E-state index in [1.165, 1.54) is 0 Å². The van der Waals surface area contributed by atoms with Crippen molar-refractivity contribution in [2.75, 3.05) is 6.61 Å². The molecule has 1 amide bonds. The largest absolute Gasteiger partial charge is 0.384 e. The van der Waals surface area contributed by atoms with Crippen LogP contribution < -0.4 is 5.32 Å². The fraction of sp³-hybridized carbons (Fsp3) is 0.400. The van der Waals surface area contributed by atoms with Crippen LogP contribution in [0.1, 0.15) is 42.3 Å². The monoisotopic (exact) mass is 245 g/mol. The molecule has 1 rings (SSSR count). The molecule has 0 aliphatic rings. The number of rotatable bonds is 1. The van der Waals surface area contributed by atoms with Crippen molar-refractivity contribution in [1.29, 1.82) is 0 Å². The van der Waals surface area contributed by atoms with Crippen LogP contribution in [0.15, 0.2) is 18.2 Å². The number of carbonyl (C=O) groups excluding carboxylic acids is 1. The second-order valence-electron chi connectivity index (χ2n) is 5.19. The molecule has 3 heteroatoms. The highest BCUT2D eigenvalue weighted by Crippen LogP contribution is 2.11. The molecule has 0 aromatic heterocycles. The minimum absolute atomic E-state index is 0.116. The van der Waals surface area contributed by atoms with Gasteiger partial charge >= 0.3 is 0 Å². The molecule has 2 N–H and O–H groups in total. The maximum atomic E-state index is 12.0. The Bertz CT molecular complexity index is 501. The number of hydrogen-bond donors (Lipinski definition) is 2. The van der Waals surface area contributed by atoms with Gasteiger partial charge in [-0.1, -0.05) is 17.9 Å². The Morgan fingerprint density at radius 3 is 2.61 bits per heavy atom. The van der Waals surface area contributed by atoms with Crippen LogP contribution in [0.2, 0.25) is 0 Å². The lowest BCUT2D eigenvalue weighted by molar-refractivity contribution is 0.0919. The fourth-order valence-corrected chi connectivity index (χ4v) is 1.45. The first-order chi connectivity index (χ1) is 8.33. The average Bonchev–Trinajstić information content (AvgIpc) is 2.25. The summed E-state index contributed by atoms with van der Waals surface area (Å²) in [6.07, 6.45) is 0. The van der Waals surface area contributed by atoms with E-state index in [4.69, 9.17) is 5.11 Å². The molecule has 0 saturated carbocycles. The van der Waals surface area contributed by atoms with Crippen LogP contribution in [-0.4, -0.2) is 23.2 Å². The number of nitrogens with one attached hydrogen (secondary N) is 1. The number of aliphatic hydroxyl groups is 1. The number of hydrogen-bond acceptors (Lipinski definition) is 2. The Morgan fingerprint density at radius 2 is 2.06 bits per heavy atom. The summed E-state index contributed by atoms with van der Waals surface area (Å²) in [7, 11) is 0. The standard InChI is InChI=1S/C15H19NO2/c1-11-7-8-13(10-12(11)6-5-9-17)14(18)16-15(2,3)4/h7-8,10,17H,9H2,1-4H3,(H,16,18). The van der Waals surface area contributed by atoms with Crippen LogP contribution in [0.25, 0.3) is 0 Å². The van der Waals surface area contributed by atoms with Crippen molar-refractivity contribution in [3.05, 3.63) is 34.9 Å². The van der Waals surface area contributed by atoms with Gasteiger partial charge in [0.05, 0.1) is 0 Å². The van der Waals surface area contributed by atoms with Crippen molar-refractivity contribution >= 4 is 5.91 Å². The van der Waals surface area contributed by atoms with E-state index in [-0.39, 0.29) is 18.1 Å². The van der Waals surface area contributed by atoms with Crippen LogP contribution in [0.5, 0.6) is 0 Å². The van der Waals surface area contributed by atoms with Gasteiger partial charge in [-0.05, 0) is 45.4 Å². The molecule has 0 aliphatic heterocycles. The molecule has 0 radical (unpaired) electrons. The van der Waals surface area contributed by atoms with Crippen LogP contribution in [0.3, 0.4) is 0 Å². The third-order valence-electron chi connectivity index (χ3n) is 2.29. The predicted octanol–water partition coefficient (Wildman–Crippen LogP) is 1.87. The molecular formula is C15H19NO2. The summed E-state index contributed by atoms with van der Waals surface area (Å²) in [4.78, 5) is 12.0. The Labute approximate surface area is 108 Å². The first kappa shape index (κ1) is 14.3. The SMILES string of the molecule is Cc1ccc(C(=O)NC(C)(C)C)cc1C#CCO. The average molecular weight is 245 g/mol. The summed E-state index contributed by atoms with van der Waals surface area (Å²) in [6.45, 7) is 7.55. The van der Waals surface area contributed by atoms with E-state index in [0.717, 1.165) is 11.1 Å². The molecular weight excluding hydrogens is 226 g/mol. The third-order valence-corrected chi connectivity index (χ3v) is 2.29. The molecule has 96 valence electrons. The van der Waals surface area contributed by atoms with Gasteiger partial charge in [-0.3, -0.25) is 4.79 Å². The molecule has 1 aromatic carbocycles. The first-order valence-electron chi connectivity index (χ1n) is 5.86. The van der Waals surface area contributed by atoms with Gasteiger partial charge in [0.1, 0.15) is 6.61 Å². The summed E-state index contributed by atoms with van der Waals surface area (Å²) in [6, 6.07) is 5.39. The van der Waals surface area contributed by atoms with Gasteiger partial charge in [-0.25, -0.2) is 0 Å². The van der Waals surface area contributed by atoms with Crippen molar-refractivity contribution in [3.63, 3.8) is 0 Å². The van der Waals surface area contributed by atoms with Crippen LogP contribution in [0.4, 0.5) is 0 Å². The Kier molecular flexibility index (Phi) is 4.52. The van der Waals surface area contributed by atoms with Crippen molar-refractivity contribution in [1.82, 2.24) is 5.32 Å². The van der Waals surface area contributed by atoms with E-state index in [1.807, 2.05) is 33.8 Å². The summed E-state index contributed by atoms with van der Waals surface area (Å²) < 4.78 is 0. The minimum atomic E-state index is -0.265. The van der Waals surface area contributed by atoms with Crippen LogP contribution >= 0.6 is 0 Å². The minimum Gasteiger partial charge on any atom is -0.384 e. The molecule has 0 fully saturated rings. The lowest BCUT2D eigenvalue weighted by Gasteiger charge is -2.20. The molecule has 18 heavy (non-hydrogen) atoms. The normalized spacial score (nSPS) is 10.5. The molecule has 0 atom stereocenters. The number of aliphatic hydroxyl groups excluding tert-OH is 1. The summed E-state index contributed by atoms with van der Waals surface area (Å²) in [5, 5.41) is 11.6. The number of benzene rings is 1. The van der Waals surface area contributed by atoms with Crippen LogP contribution in [0, 0.1) is 18.8 Å². The van der Waals surface area contributed by atoms with Gasteiger partial charge in [-0.15, -0.1) is 0 Å². The highest BCUT2D eigenvalue weighted by atomic mass is 16.2. The zero-order valence-electron chi connectivity index (χ0n) is 11.3. The van der Waals surface area contributed by atoms with E-state index in [1.54, 1.807) is 12.1 Å². The van der Waals surface area contributed by atoms with E-state index >= 15 is 0 Å². The van der Waals surface area contributed by atoms with Gasteiger partial charge in [0, 0.05) is 16.7 Å². The molecule has 0 saturated heterocycles. The maximum Gasteiger partial charge on any atom is 0.251 e. The molecule has 0 bridgehead atoms. The van der Waals surface area contributed by atoms with Gasteiger partial charge in [-0.2, -0.15) is 0 Å². The number of amides is 1. The predicted molar refractivity (Wildman–Crippen MR) is 72.4 cm³/mol. The Balaban J connectivity index is 3.01. The molecule has 0 unspecified atom stereocenters. The van der Waals surface area contributed by atoms with Gasteiger partial charge in [0.25, 0.3) is 5.91 Å². The van der Waals surface area contributed by atoms with E-state index in [2.05, 4.69) is 17.2 Å². The second kappa shape index (κ2) is 5.70. The zero-order chi connectivity index (χ0) is 13.8. The second-order valence-corrected chi connectivity index (χ2v) is 5.19. The van der Waals surface area contributed by atoms with Crippen molar-refractivity contribution in [3.8, 4) is 11.8 Å². The van der Waals surface area contributed by atoms with Gasteiger partial charge in [0.2, 0.25) is 0 Å². The quantitative estimate of drug-likeness (QED) is 0.742. The van der Waals surface area contributed by atoms with Crippen molar-refractivity contribution < 1.29 is 9.90 Å². The first-order valence-corrected chi connectivity index (χ1v) is 5.86. The lowest BCUT2D eigenvalue weighted by atomic mass is 10.0. The van der Waals surface area contributed by atoms with E-state index in [9.17, 15) is 4.79 Å². The van der Waals surface area contributed by atoms with Gasteiger partial charge in [0.15, 0.2) is 0 Å². The summed E-state index contributed by atoms with van der Waals surface area (Å²) in [5.74, 6) is 5.32. The Morgan fingerprint density at radius 1 is 1.39 bits per heavy atom. The third kappa shape index (κ3) is 4.23. The molecule has 3 nitrogen and oxygen atoms in total. The molecule has 0 spiro atoms. The van der Waals surface area contributed by atoms with Crippen LogP contribution in [-0.2, 0) is 0 Å². The Hall–Kier alpha value is -1.79. The topological polar surface area (TPSA) is 49.3 Å². The molecule has 0 aliphatic carbocycles. The maximum absolute atomic E-state index is 12.0. The molecule has 1 aromatic rings. The van der Waals surface area contributed by atoms with Crippen molar-refractivity contribution in [2.24, 2.45) is 0 Å². The highest BCUT2D eigenvalue weighted by Gasteiger charge is 2.15. The summed E-state index contributed by atoms with van der Waals surface area (Å²) >= 11 is 0. The summed E-state index contributed by atoms with van der Waals surface area (Å²) in [5.41, 5.74) is 2.07. The van der Waals surface area contributed by atoms with Crippen molar-refractivity contribution in [2.45, 2.75) is 33.2 Å². The van der Waals surface area contributed by atoms with E-state index < -0.39 is 0 Å². The highest BCUT2D eigenvalue weighted by molar-refractivity contribution is 5.95. The molecule has 0 heterocycles. The number of aryl methyl sites for hydroxylation is 1.